The SMILES string of the molecule is O=C1CCC(N2CCOC(CO)C2)C1. The predicted octanol–water partition coefficient (Wildman–Crippen LogP) is -0.199. The average molecular weight is 199 g/mol. The van der Waals surface area contributed by atoms with Crippen LogP contribution in [0.1, 0.15) is 19.3 Å². The van der Waals surface area contributed by atoms with Crippen LogP contribution in [-0.2, 0) is 9.53 Å². The number of aliphatic hydroxyl groups excluding tert-OH is 1. The maximum absolute atomic E-state index is 11.1. The second-order valence-corrected chi connectivity index (χ2v) is 4.11. The minimum atomic E-state index is -0.0561. The Kier molecular flexibility index (Phi) is 3.15. The maximum atomic E-state index is 11.1. The van der Waals surface area contributed by atoms with Crippen molar-refractivity contribution in [3.8, 4) is 0 Å². The Bertz CT molecular complexity index is 219. The number of hydrogen-bond acceptors (Lipinski definition) is 4. The summed E-state index contributed by atoms with van der Waals surface area (Å²) in [6, 6.07) is 0.403. The van der Waals surface area contributed by atoms with E-state index in [1.54, 1.807) is 0 Å². The number of morpholine rings is 1. The summed E-state index contributed by atoms with van der Waals surface area (Å²) < 4.78 is 5.37. The fraction of sp³-hybridized carbons (Fsp3) is 0.900. The van der Waals surface area contributed by atoms with Gasteiger partial charge in [0.1, 0.15) is 5.78 Å². The van der Waals surface area contributed by atoms with Crippen molar-refractivity contribution in [2.75, 3.05) is 26.3 Å². The number of ether oxygens (including phenoxy) is 1. The molecule has 0 aromatic rings. The zero-order valence-corrected chi connectivity index (χ0v) is 8.32. The second kappa shape index (κ2) is 4.38. The van der Waals surface area contributed by atoms with Gasteiger partial charge in [0.05, 0.1) is 19.3 Å². The van der Waals surface area contributed by atoms with E-state index in [-0.39, 0.29) is 12.7 Å². The molecule has 1 aliphatic heterocycles. The van der Waals surface area contributed by atoms with Gasteiger partial charge in [-0.05, 0) is 6.42 Å². The maximum Gasteiger partial charge on any atom is 0.134 e. The molecule has 1 aliphatic carbocycles. The van der Waals surface area contributed by atoms with Crippen LogP contribution >= 0.6 is 0 Å². The molecule has 1 saturated carbocycles. The van der Waals surface area contributed by atoms with Crippen LogP contribution < -0.4 is 0 Å². The Hall–Kier alpha value is -0.450. The van der Waals surface area contributed by atoms with E-state index >= 15 is 0 Å². The number of ketones is 1. The molecule has 0 spiro atoms. The fourth-order valence-corrected chi connectivity index (χ4v) is 2.29. The summed E-state index contributed by atoms with van der Waals surface area (Å²) in [7, 11) is 0. The van der Waals surface area contributed by atoms with Crippen molar-refractivity contribution < 1.29 is 14.6 Å². The van der Waals surface area contributed by atoms with Gasteiger partial charge in [0.15, 0.2) is 0 Å². The van der Waals surface area contributed by atoms with Gasteiger partial charge in [-0.3, -0.25) is 9.69 Å². The van der Waals surface area contributed by atoms with Crippen molar-refractivity contribution in [1.29, 1.82) is 0 Å². The monoisotopic (exact) mass is 199 g/mol. The van der Waals surface area contributed by atoms with Crippen molar-refractivity contribution in [3.63, 3.8) is 0 Å². The molecule has 1 heterocycles. The quantitative estimate of drug-likeness (QED) is 0.669. The van der Waals surface area contributed by atoms with Crippen LogP contribution in [0.2, 0.25) is 0 Å². The van der Waals surface area contributed by atoms with Crippen molar-refractivity contribution >= 4 is 5.78 Å². The first-order valence-corrected chi connectivity index (χ1v) is 5.28. The smallest absolute Gasteiger partial charge is 0.134 e. The van der Waals surface area contributed by atoms with Crippen LogP contribution in [-0.4, -0.2) is 54.2 Å². The molecule has 2 unspecified atom stereocenters. The van der Waals surface area contributed by atoms with Gasteiger partial charge < -0.3 is 9.84 Å². The molecule has 1 saturated heterocycles. The highest BCUT2D eigenvalue weighted by atomic mass is 16.5. The molecule has 2 aliphatic rings. The molecule has 0 aromatic carbocycles. The molecule has 0 amide bonds. The van der Waals surface area contributed by atoms with Gasteiger partial charge >= 0.3 is 0 Å². The highest BCUT2D eigenvalue weighted by Gasteiger charge is 2.31. The minimum absolute atomic E-state index is 0.0561. The summed E-state index contributed by atoms with van der Waals surface area (Å²) in [5, 5.41) is 8.98. The van der Waals surface area contributed by atoms with E-state index in [2.05, 4.69) is 4.90 Å². The normalized spacial score (nSPS) is 35.1. The van der Waals surface area contributed by atoms with E-state index < -0.39 is 0 Å². The van der Waals surface area contributed by atoms with E-state index in [0.717, 1.165) is 25.9 Å². The van der Waals surface area contributed by atoms with Crippen LogP contribution in [0.5, 0.6) is 0 Å². The number of hydrogen-bond donors (Lipinski definition) is 1. The third kappa shape index (κ3) is 2.13. The Morgan fingerprint density at radius 2 is 2.43 bits per heavy atom. The summed E-state index contributed by atoms with van der Waals surface area (Å²) in [6.45, 7) is 2.43. The Labute approximate surface area is 83.8 Å². The highest BCUT2D eigenvalue weighted by molar-refractivity contribution is 5.81. The van der Waals surface area contributed by atoms with Gasteiger partial charge in [-0.25, -0.2) is 0 Å². The third-order valence-electron chi connectivity index (χ3n) is 3.11. The molecule has 0 bridgehead atoms. The first kappa shape index (κ1) is 10.1. The second-order valence-electron chi connectivity index (χ2n) is 4.11. The Balaban J connectivity index is 1.87. The lowest BCUT2D eigenvalue weighted by Crippen LogP contribution is -2.48. The van der Waals surface area contributed by atoms with Crippen molar-refractivity contribution in [2.45, 2.75) is 31.4 Å². The standard InChI is InChI=1S/C10H17NO3/c12-7-10-6-11(3-4-14-10)8-1-2-9(13)5-8/h8,10,12H,1-7H2. The van der Waals surface area contributed by atoms with Gasteiger partial charge in [0, 0.05) is 32.0 Å². The van der Waals surface area contributed by atoms with Gasteiger partial charge in [-0.15, -0.1) is 0 Å². The van der Waals surface area contributed by atoms with E-state index in [0.29, 0.717) is 24.9 Å². The third-order valence-corrected chi connectivity index (χ3v) is 3.11. The van der Waals surface area contributed by atoms with Gasteiger partial charge in [-0.1, -0.05) is 0 Å². The largest absolute Gasteiger partial charge is 0.394 e. The zero-order chi connectivity index (χ0) is 9.97. The predicted molar refractivity (Wildman–Crippen MR) is 51.0 cm³/mol. The average Bonchev–Trinajstić information content (AvgIpc) is 2.65. The van der Waals surface area contributed by atoms with Crippen molar-refractivity contribution in [2.24, 2.45) is 0 Å². The summed E-state index contributed by atoms with van der Waals surface area (Å²) >= 11 is 0. The molecule has 2 rings (SSSR count). The number of carbonyl (C=O) groups is 1. The summed E-state index contributed by atoms with van der Waals surface area (Å²) in [5.41, 5.74) is 0. The summed E-state index contributed by atoms with van der Waals surface area (Å²) in [5.74, 6) is 0.377. The molecule has 4 heteroatoms. The molecule has 80 valence electrons. The fourth-order valence-electron chi connectivity index (χ4n) is 2.29. The number of aliphatic hydroxyl groups is 1. The van der Waals surface area contributed by atoms with Gasteiger partial charge in [-0.2, -0.15) is 0 Å². The summed E-state index contributed by atoms with van der Waals surface area (Å²) in [4.78, 5) is 13.4. The number of rotatable bonds is 2. The first-order chi connectivity index (χ1) is 6.79. The number of nitrogens with zero attached hydrogens (tertiary/aromatic N) is 1. The molecule has 0 radical (unpaired) electrons. The molecule has 4 nitrogen and oxygen atoms in total. The highest BCUT2D eigenvalue weighted by Crippen LogP contribution is 2.22. The van der Waals surface area contributed by atoms with Crippen molar-refractivity contribution in [1.82, 2.24) is 4.90 Å². The van der Waals surface area contributed by atoms with Crippen LogP contribution in [0.15, 0.2) is 0 Å². The lowest BCUT2D eigenvalue weighted by molar-refractivity contribution is -0.118. The molecular weight excluding hydrogens is 182 g/mol. The van der Waals surface area contributed by atoms with E-state index in [9.17, 15) is 4.79 Å². The van der Waals surface area contributed by atoms with Crippen LogP contribution in [0.3, 0.4) is 0 Å². The Morgan fingerprint density at radius 3 is 3.07 bits per heavy atom. The molecule has 14 heavy (non-hydrogen) atoms. The Morgan fingerprint density at radius 1 is 1.57 bits per heavy atom. The van der Waals surface area contributed by atoms with Gasteiger partial charge in [0.2, 0.25) is 0 Å². The lowest BCUT2D eigenvalue weighted by Gasteiger charge is -2.35. The summed E-state index contributed by atoms with van der Waals surface area (Å²) in [6.07, 6.45) is 2.35. The molecular formula is C10H17NO3. The van der Waals surface area contributed by atoms with Crippen LogP contribution in [0.25, 0.3) is 0 Å². The zero-order valence-electron chi connectivity index (χ0n) is 8.32. The topological polar surface area (TPSA) is 49.8 Å². The number of carbonyl (C=O) groups excluding carboxylic acids is 1. The van der Waals surface area contributed by atoms with Gasteiger partial charge in [0.25, 0.3) is 0 Å². The lowest BCUT2D eigenvalue weighted by atomic mass is 10.1. The molecule has 2 atom stereocenters. The van der Waals surface area contributed by atoms with E-state index in [1.807, 2.05) is 0 Å². The minimum Gasteiger partial charge on any atom is -0.394 e. The molecule has 1 N–H and O–H groups in total. The first-order valence-electron chi connectivity index (χ1n) is 5.28. The number of Topliss-reactive ketones (excluding diaryl/α,β-unsaturated/α-hetero) is 1. The van der Waals surface area contributed by atoms with Crippen LogP contribution in [0, 0.1) is 0 Å². The molecule has 2 fully saturated rings. The molecule has 0 aromatic heterocycles. The van der Waals surface area contributed by atoms with Crippen LogP contribution in [0.4, 0.5) is 0 Å². The van der Waals surface area contributed by atoms with E-state index in [1.165, 1.54) is 0 Å². The van der Waals surface area contributed by atoms with E-state index in [4.69, 9.17) is 9.84 Å². The van der Waals surface area contributed by atoms with Crippen molar-refractivity contribution in [3.05, 3.63) is 0 Å².